The van der Waals surface area contributed by atoms with Crippen molar-refractivity contribution in [3.63, 3.8) is 0 Å². The molecule has 2 aromatic heterocycles. The van der Waals surface area contributed by atoms with Crippen molar-refractivity contribution in [2.75, 3.05) is 0 Å². The fourth-order valence-electron chi connectivity index (χ4n) is 2.74. The summed E-state index contributed by atoms with van der Waals surface area (Å²) in [6.45, 7) is 9.89. The van der Waals surface area contributed by atoms with E-state index in [9.17, 15) is 4.79 Å². The number of hydrogen-bond donors (Lipinski definition) is 0. The van der Waals surface area contributed by atoms with Crippen LogP contribution in [0.2, 0.25) is 5.15 Å². The second-order valence-electron chi connectivity index (χ2n) is 7.18. The molecular formula is C18H21ClN4O. The largest absolute Gasteiger partial charge is 0.351 e. The summed E-state index contributed by atoms with van der Waals surface area (Å²) in [6.07, 6.45) is 0. The lowest BCUT2D eigenvalue weighted by molar-refractivity contribution is 0.344. The van der Waals surface area contributed by atoms with Crippen molar-refractivity contribution >= 4 is 17.2 Å². The summed E-state index contributed by atoms with van der Waals surface area (Å²) in [6, 6.07) is 9.77. The minimum atomic E-state index is -0.446. The van der Waals surface area contributed by atoms with E-state index < -0.39 is 5.54 Å². The van der Waals surface area contributed by atoms with Gasteiger partial charge in [-0.2, -0.15) is 0 Å². The zero-order chi connectivity index (χ0) is 17.6. The van der Waals surface area contributed by atoms with E-state index >= 15 is 0 Å². The Hall–Kier alpha value is -2.14. The van der Waals surface area contributed by atoms with Gasteiger partial charge in [0.15, 0.2) is 10.8 Å². The number of halogens is 1. The Balaban J connectivity index is 2.52. The Morgan fingerprint density at radius 3 is 2.29 bits per heavy atom. The van der Waals surface area contributed by atoms with Gasteiger partial charge in [0, 0.05) is 5.56 Å². The van der Waals surface area contributed by atoms with Crippen molar-refractivity contribution in [2.45, 2.75) is 46.1 Å². The van der Waals surface area contributed by atoms with Gasteiger partial charge in [-0.25, -0.2) is 18.9 Å². The summed E-state index contributed by atoms with van der Waals surface area (Å²) in [4.78, 5) is 17.6. The van der Waals surface area contributed by atoms with Crippen LogP contribution in [0.15, 0.2) is 35.1 Å². The van der Waals surface area contributed by atoms with Crippen LogP contribution in [0.5, 0.6) is 0 Å². The molecule has 0 spiro atoms. The third kappa shape index (κ3) is 2.63. The minimum absolute atomic E-state index is 0.118. The SMILES string of the molecule is CC(C)c1nc(Cl)c2nn(C(C)(C)C)c(=O)n2c1-c1ccccc1. The highest BCUT2D eigenvalue weighted by atomic mass is 35.5. The molecular weight excluding hydrogens is 324 g/mol. The molecule has 0 radical (unpaired) electrons. The Kier molecular flexibility index (Phi) is 4.00. The van der Waals surface area contributed by atoms with Crippen LogP contribution >= 0.6 is 11.6 Å². The summed E-state index contributed by atoms with van der Waals surface area (Å²) < 4.78 is 3.05. The second kappa shape index (κ2) is 5.74. The van der Waals surface area contributed by atoms with Gasteiger partial charge in [-0.15, -0.1) is 5.10 Å². The predicted octanol–water partition coefficient (Wildman–Crippen LogP) is 4.09. The molecule has 0 bridgehead atoms. The molecule has 3 aromatic rings. The topological polar surface area (TPSA) is 52.2 Å². The van der Waals surface area contributed by atoms with Gasteiger partial charge in [0.1, 0.15) is 0 Å². The van der Waals surface area contributed by atoms with Crippen molar-refractivity contribution in [3.8, 4) is 11.3 Å². The highest BCUT2D eigenvalue weighted by Crippen LogP contribution is 2.30. The molecule has 0 aliphatic rings. The van der Waals surface area contributed by atoms with Crippen molar-refractivity contribution in [3.05, 3.63) is 51.7 Å². The Bertz CT molecular complexity index is 949. The average molecular weight is 345 g/mol. The van der Waals surface area contributed by atoms with Crippen LogP contribution in [0.25, 0.3) is 16.9 Å². The van der Waals surface area contributed by atoms with Gasteiger partial charge in [-0.05, 0) is 26.7 Å². The summed E-state index contributed by atoms with van der Waals surface area (Å²) in [7, 11) is 0. The van der Waals surface area contributed by atoms with Gasteiger partial charge >= 0.3 is 5.69 Å². The molecule has 3 rings (SSSR count). The maximum atomic E-state index is 13.1. The fraction of sp³-hybridized carbons (Fsp3) is 0.389. The molecule has 0 atom stereocenters. The Morgan fingerprint density at radius 1 is 1.12 bits per heavy atom. The monoisotopic (exact) mass is 344 g/mol. The lowest BCUT2D eigenvalue weighted by atomic mass is 10.0. The number of benzene rings is 1. The van der Waals surface area contributed by atoms with Gasteiger partial charge < -0.3 is 0 Å². The molecule has 0 saturated heterocycles. The van der Waals surface area contributed by atoms with Crippen LogP contribution in [0.4, 0.5) is 0 Å². The predicted molar refractivity (Wildman–Crippen MR) is 96.8 cm³/mol. The zero-order valence-corrected chi connectivity index (χ0v) is 15.3. The molecule has 6 heteroatoms. The van der Waals surface area contributed by atoms with Crippen LogP contribution in [0.3, 0.4) is 0 Å². The summed E-state index contributed by atoms with van der Waals surface area (Å²) in [5.74, 6) is 0.118. The standard InChI is InChI=1S/C18H21ClN4O/c1-11(2)13-14(12-9-7-6-8-10-12)22-16(15(19)20-13)21-23(17(22)24)18(3,4)5/h6-11H,1-5H3. The minimum Gasteiger partial charge on any atom is -0.246 e. The molecule has 0 fully saturated rings. The normalized spacial score (nSPS) is 12.3. The van der Waals surface area contributed by atoms with Gasteiger partial charge in [0.2, 0.25) is 0 Å². The van der Waals surface area contributed by atoms with E-state index in [1.807, 2.05) is 65.0 Å². The van der Waals surface area contributed by atoms with Crippen LogP contribution in [0.1, 0.15) is 46.2 Å². The van der Waals surface area contributed by atoms with E-state index in [2.05, 4.69) is 10.1 Å². The maximum absolute atomic E-state index is 13.1. The quantitative estimate of drug-likeness (QED) is 0.703. The molecule has 0 unspecified atom stereocenters. The molecule has 0 aliphatic heterocycles. The van der Waals surface area contributed by atoms with Crippen molar-refractivity contribution in [1.29, 1.82) is 0 Å². The highest BCUT2D eigenvalue weighted by Gasteiger charge is 2.25. The molecule has 126 valence electrons. The first-order valence-corrected chi connectivity index (χ1v) is 8.36. The van der Waals surface area contributed by atoms with E-state index in [-0.39, 0.29) is 16.8 Å². The number of fused-ring (bicyclic) bond motifs is 1. The molecule has 0 N–H and O–H groups in total. The van der Waals surface area contributed by atoms with Crippen LogP contribution in [0, 0.1) is 0 Å². The van der Waals surface area contributed by atoms with Gasteiger partial charge in [-0.3, -0.25) is 0 Å². The summed E-state index contributed by atoms with van der Waals surface area (Å²) >= 11 is 6.35. The van der Waals surface area contributed by atoms with E-state index in [0.29, 0.717) is 5.65 Å². The van der Waals surface area contributed by atoms with E-state index in [1.54, 1.807) is 4.40 Å². The van der Waals surface area contributed by atoms with Gasteiger partial charge in [0.25, 0.3) is 0 Å². The number of nitrogens with zero attached hydrogens (tertiary/aromatic N) is 4. The van der Waals surface area contributed by atoms with Crippen LogP contribution in [-0.2, 0) is 5.54 Å². The smallest absolute Gasteiger partial charge is 0.246 e. The van der Waals surface area contributed by atoms with Crippen LogP contribution in [-0.4, -0.2) is 19.2 Å². The van der Waals surface area contributed by atoms with Crippen molar-refractivity contribution in [1.82, 2.24) is 19.2 Å². The molecule has 24 heavy (non-hydrogen) atoms. The summed E-state index contributed by atoms with van der Waals surface area (Å²) in [5.41, 5.74) is 2.20. The molecule has 1 aromatic carbocycles. The number of rotatable bonds is 2. The third-order valence-corrected chi connectivity index (χ3v) is 4.13. The number of hydrogen-bond acceptors (Lipinski definition) is 3. The molecule has 0 amide bonds. The first-order valence-electron chi connectivity index (χ1n) is 7.99. The average Bonchev–Trinajstić information content (AvgIpc) is 2.86. The first kappa shape index (κ1) is 16.7. The second-order valence-corrected chi connectivity index (χ2v) is 7.54. The zero-order valence-electron chi connectivity index (χ0n) is 14.5. The third-order valence-electron chi connectivity index (χ3n) is 3.88. The van der Waals surface area contributed by atoms with E-state index in [0.717, 1.165) is 17.0 Å². The van der Waals surface area contributed by atoms with Gasteiger partial charge in [0.05, 0.1) is 16.9 Å². The fourth-order valence-corrected chi connectivity index (χ4v) is 2.95. The molecule has 0 aliphatic carbocycles. The maximum Gasteiger partial charge on any atom is 0.351 e. The molecule has 2 heterocycles. The lowest BCUT2D eigenvalue weighted by Crippen LogP contribution is -2.34. The Labute approximate surface area is 145 Å². The molecule has 5 nitrogen and oxygen atoms in total. The van der Waals surface area contributed by atoms with Gasteiger partial charge in [-0.1, -0.05) is 55.8 Å². The first-order chi connectivity index (χ1) is 11.2. The van der Waals surface area contributed by atoms with E-state index in [1.165, 1.54) is 4.68 Å². The lowest BCUT2D eigenvalue weighted by Gasteiger charge is -2.16. The summed E-state index contributed by atoms with van der Waals surface area (Å²) in [5, 5.41) is 4.69. The Morgan fingerprint density at radius 2 is 1.75 bits per heavy atom. The highest BCUT2D eigenvalue weighted by molar-refractivity contribution is 6.32. The van der Waals surface area contributed by atoms with Crippen LogP contribution < -0.4 is 5.69 Å². The van der Waals surface area contributed by atoms with E-state index in [4.69, 9.17) is 11.6 Å². The van der Waals surface area contributed by atoms with Crippen molar-refractivity contribution < 1.29 is 0 Å². The molecule has 0 saturated carbocycles. The number of aromatic nitrogens is 4. The van der Waals surface area contributed by atoms with Crippen molar-refractivity contribution in [2.24, 2.45) is 0 Å².